The Kier molecular flexibility index (Phi) is 3.03. The number of imidazole rings is 1. The van der Waals surface area contributed by atoms with Gasteiger partial charge in [0.1, 0.15) is 11.4 Å². The van der Waals surface area contributed by atoms with Crippen LogP contribution in [0.2, 0.25) is 0 Å². The van der Waals surface area contributed by atoms with Crippen molar-refractivity contribution in [1.82, 2.24) is 9.97 Å². The van der Waals surface area contributed by atoms with Gasteiger partial charge in [-0.25, -0.2) is 4.98 Å². The highest BCUT2D eigenvalue weighted by atomic mass is 16.3. The summed E-state index contributed by atoms with van der Waals surface area (Å²) in [6, 6.07) is 4.32. The Balaban J connectivity index is 2.53. The molecular formula is C15H20N2O. The summed E-state index contributed by atoms with van der Waals surface area (Å²) in [4.78, 5) is 7.47. The number of hydrogen-bond donors (Lipinski definition) is 2. The van der Waals surface area contributed by atoms with E-state index < -0.39 is 5.60 Å². The van der Waals surface area contributed by atoms with E-state index in [4.69, 9.17) is 0 Å². The van der Waals surface area contributed by atoms with E-state index in [0.29, 0.717) is 5.82 Å². The molecule has 3 nitrogen and oxygen atoms in total. The lowest BCUT2D eigenvalue weighted by molar-refractivity contribution is 0.0697. The first kappa shape index (κ1) is 12.8. The second-order valence-corrected chi connectivity index (χ2v) is 5.48. The first-order valence-corrected chi connectivity index (χ1v) is 6.15. The number of hydrogen-bond acceptors (Lipinski definition) is 2. The molecule has 0 saturated carbocycles. The summed E-state index contributed by atoms with van der Waals surface area (Å²) >= 11 is 0. The smallest absolute Gasteiger partial charge is 0.138 e. The number of aliphatic hydroxyl groups is 1. The van der Waals surface area contributed by atoms with Crippen molar-refractivity contribution in [2.24, 2.45) is 0 Å². The molecule has 18 heavy (non-hydrogen) atoms. The fourth-order valence-electron chi connectivity index (χ4n) is 2.36. The Labute approximate surface area is 108 Å². The molecule has 2 N–H and O–H groups in total. The van der Waals surface area contributed by atoms with E-state index in [1.807, 2.05) is 0 Å². The largest absolute Gasteiger partial charge is 0.383 e. The van der Waals surface area contributed by atoms with Gasteiger partial charge < -0.3 is 10.1 Å². The molecule has 0 spiro atoms. The van der Waals surface area contributed by atoms with Gasteiger partial charge in [0.25, 0.3) is 0 Å². The number of nitrogens with zero attached hydrogens (tertiary/aromatic N) is 1. The molecule has 1 aromatic carbocycles. The lowest BCUT2D eigenvalue weighted by Gasteiger charge is -2.14. The van der Waals surface area contributed by atoms with Crippen molar-refractivity contribution >= 4 is 0 Å². The minimum Gasteiger partial charge on any atom is -0.383 e. The van der Waals surface area contributed by atoms with Crippen LogP contribution in [0.5, 0.6) is 0 Å². The SMILES string of the molecule is Cc1cc(C)c(-c2cnc(C(C)(C)O)[nH]2)c(C)c1. The molecule has 0 aliphatic heterocycles. The average Bonchev–Trinajstić information content (AvgIpc) is 2.64. The van der Waals surface area contributed by atoms with Crippen molar-refractivity contribution in [2.75, 3.05) is 0 Å². The van der Waals surface area contributed by atoms with Gasteiger partial charge in [0.2, 0.25) is 0 Å². The Bertz CT molecular complexity index is 553. The number of H-pyrrole nitrogens is 1. The number of aromatic nitrogens is 2. The molecule has 0 bridgehead atoms. The number of aromatic amines is 1. The summed E-state index contributed by atoms with van der Waals surface area (Å²) in [5.41, 5.74) is 4.89. The highest BCUT2D eigenvalue weighted by Crippen LogP contribution is 2.28. The molecule has 96 valence electrons. The van der Waals surface area contributed by atoms with Crippen molar-refractivity contribution in [1.29, 1.82) is 0 Å². The van der Waals surface area contributed by atoms with Crippen LogP contribution in [0.1, 0.15) is 36.4 Å². The summed E-state index contributed by atoms with van der Waals surface area (Å²) < 4.78 is 0. The third-order valence-corrected chi connectivity index (χ3v) is 3.10. The van der Waals surface area contributed by atoms with Gasteiger partial charge >= 0.3 is 0 Å². The van der Waals surface area contributed by atoms with E-state index in [2.05, 4.69) is 42.9 Å². The van der Waals surface area contributed by atoms with Crippen LogP contribution in [0.4, 0.5) is 0 Å². The van der Waals surface area contributed by atoms with Gasteiger partial charge in [-0.1, -0.05) is 17.7 Å². The van der Waals surface area contributed by atoms with Crippen LogP contribution >= 0.6 is 0 Å². The molecule has 0 amide bonds. The van der Waals surface area contributed by atoms with Gasteiger partial charge in [0.15, 0.2) is 0 Å². The van der Waals surface area contributed by atoms with Gasteiger partial charge in [-0.3, -0.25) is 0 Å². The maximum absolute atomic E-state index is 9.94. The van der Waals surface area contributed by atoms with E-state index in [0.717, 1.165) is 5.69 Å². The Morgan fingerprint density at radius 1 is 1.11 bits per heavy atom. The van der Waals surface area contributed by atoms with Crippen molar-refractivity contribution in [2.45, 2.75) is 40.2 Å². The first-order valence-electron chi connectivity index (χ1n) is 6.15. The molecule has 0 aliphatic carbocycles. The van der Waals surface area contributed by atoms with Gasteiger partial charge in [0, 0.05) is 5.56 Å². The lowest BCUT2D eigenvalue weighted by Crippen LogP contribution is -2.17. The van der Waals surface area contributed by atoms with Crippen LogP contribution in [0.15, 0.2) is 18.3 Å². The van der Waals surface area contributed by atoms with Crippen molar-refractivity contribution in [3.8, 4) is 11.3 Å². The van der Waals surface area contributed by atoms with Crippen molar-refractivity contribution < 1.29 is 5.11 Å². The van der Waals surface area contributed by atoms with E-state index in [1.54, 1.807) is 20.0 Å². The quantitative estimate of drug-likeness (QED) is 0.852. The summed E-state index contributed by atoms with van der Waals surface area (Å²) in [7, 11) is 0. The van der Waals surface area contributed by atoms with Crippen LogP contribution in [0.3, 0.4) is 0 Å². The minimum atomic E-state index is -0.940. The Morgan fingerprint density at radius 3 is 2.11 bits per heavy atom. The third kappa shape index (κ3) is 2.31. The van der Waals surface area contributed by atoms with Crippen LogP contribution in [0, 0.1) is 20.8 Å². The molecule has 3 heteroatoms. The van der Waals surface area contributed by atoms with E-state index in [-0.39, 0.29) is 0 Å². The molecular weight excluding hydrogens is 224 g/mol. The number of nitrogens with one attached hydrogen (secondary N) is 1. The van der Waals surface area contributed by atoms with Crippen LogP contribution in [-0.2, 0) is 5.60 Å². The molecule has 2 rings (SSSR count). The second-order valence-electron chi connectivity index (χ2n) is 5.48. The molecule has 0 radical (unpaired) electrons. The lowest BCUT2D eigenvalue weighted by atomic mass is 9.98. The molecule has 2 aromatic rings. The van der Waals surface area contributed by atoms with Gasteiger partial charge in [-0.05, 0) is 45.7 Å². The zero-order chi connectivity index (χ0) is 13.5. The standard InChI is InChI=1S/C15H20N2O/c1-9-6-10(2)13(11(3)7-9)12-8-16-14(17-12)15(4,5)18/h6-8,18H,1-5H3,(H,16,17). The summed E-state index contributed by atoms with van der Waals surface area (Å²) in [6.45, 7) is 9.74. The maximum Gasteiger partial charge on any atom is 0.138 e. The van der Waals surface area contributed by atoms with Crippen LogP contribution in [0.25, 0.3) is 11.3 Å². The molecule has 0 atom stereocenters. The molecule has 0 saturated heterocycles. The highest BCUT2D eigenvalue weighted by Gasteiger charge is 2.20. The molecule has 0 unspecified atom stereocenters. The van der Waals surface area contributed by atoms with Crippen molar-refractivity contribution in [3.05, 3.63) is 40.8 Å². The summed E-state index contributed by atoms with van der Waals surface area (Å²) in [5.74, 6) is 0.594. The maximum atomic E-state index is 9.94. The molecule has 0 fully saturated rings. The van der Waals surface area contributed by atoms with E-state index >= 15 is 0 Å². The summed E-state index contributed by atoms with van der Waals surface area (Å²) in [6.07, 6.45) is 1.79. The monoisotopic (exact) mass is 244 g/mol. The topological polar surface area (TPSA) is 48.9 Å². The van der Waals surface area contributed by atoms with Gasteiger partial charge in [-0.15, -0.1) is 0 Å². The van der Waals surface area contributed by atoms with Crippen LogP contribution in [-0.4, -0.2) is 15.1 Å². The molecule has 0 aliphatic rings. The van der Waals surface area contributed by atoms with E-state index in [9.17, 15) is 5.11 Å². The van der Waals surface area contributed by atoms with Gasteiger partial charge in [0.05, 0.1) is 11.9 Å². The van der Waals surface area contributed by atoms with Crippen LogP contribution < -0.4 is 0 Å². The molecule has 1 aromatic heterocycles. The van der Waals surface area contributed by atoms with Gasteiger partial charge in [-0.2, -0.15) is 0 Å². The fraction of sp³-hybridized carbons (Fsp3) is 0.400. The molecule has 1 heterocycles. The predicted octanol–water partition coefficient (Wildman–Crippen LogP) is 3.23. The average molecular weight is 244 g/mol. The Morgan fingerprint density at radius 2 is 1.67 bits per heavy atom. The number of benzene rings is 1. The number of rotatable bonds is 2. The predicted molar refractivity (Wildman–Crippen MR) is 73.5 cm³/mol. The normalized spacial score (nSPS) is 11.9. The van der Waals surface area contributed by atoms with Crippen molar-refractivity contribution in [3.63, 3.8) is 0 Å². The zero-order valence-electron chi connectivity index (χ0n) is 11.6. The third-order valence-electron chi connectivity index (χ3n) is 3.10. The second kappa shape index (κ2) is 4.25. The minimum absolute atomic E-state index is 0.594. The highest BCUT2D eigenvalue weighted by molar-refractivity contribution is 5.67. The zero-order valence-corrected chi connectivity index (χ0v) is 11.6. The first-order chi connectivity index (χ1) is 8.29. The number of aryl methyl sites for hydroxylation is 3. The summed E-state index contributed by atoms with van der Waals surface area (Å²) in [5, 5.41) is 9.94. The van der Waals surface area contributed by atoms with E-state index in [1.165, 1.54) is 22.3 Å². The fourth-order valence-corrected chi connectivity index (χ4v) is 2.36. The Hall–Kier alpha value is -1.61.